The fourth-order valence-corrected chi connectivity index (χ4v) is 2.27. The Bertz CT molecular complexity index is 493. The molecule has 0 aliphatic rings. The van der Waals surface area contributed by atoms with Crippen LogP contribution in [0.1, 0.15) is 15.4 Å². The van der Waals surface area contributed by atoms with Crippen LogP contribution in [0.5, 0.6) is 0 Å². The fourth-order valence-electron chi connectivity index (χ4n) is 1.41. The van der Waals surface area contributed by atoms with E-state index < -0.39 is 0 Å². The van der Waals surface area contributed by atoms with Crippen molar-refractivity contribution in [3.05, 3.63) is 40.9 Å². The molecule has 1 aromatic heterocycles. The molecular weight excluding hydrogens is 220 g/mol. The Morgan fingerprint density at radius 2 is 2.00 bits per heavy atom. The molecule has 16 heavy (non-hydrogen) atoms. The predicted octanol–water partition coefficient (Wildman–Crippen LogP) is 3.03. The second-order valence-corrected chi connectivity index (χ2v) is 4.47. The van der Waals surface area contributed by atoms with E-state index in [1.165, 1.54) is 11.3 Å². The van der Waals surface area contributed by atoms with E-state index in [1.54, 1.807) is 0 Å². The van der Waals surface area contributed by atoms with Gasteiger partial charge in [-0.15, -0.1) is 0 Å². The lowest BCUT2D eigenvalue weighted by atomic mass is 10.3. The van der Waals surface area contributed by atoms with Crippen molar-refractivity contribution in [1.82, 2.24) is 4.98 Å². The minimum Gasteiger partial charge on any atom is -0.321 e. The van der Waals surface area contributed by atoms with Gasteiger partial charge in [0, 0.05) is 12.7 Å². The van der Waals surface area contributed by atoms with Crippen LogP contribution in [-0.4, -0.2) is 18.3 Å². The van der Waals surface area contributed by atoms with Crippen LogP contribution in [-0.2, 0) is 0 Å². The minimum atomic E-state index is 0.692. The van der Waals surface area contributed by atoms with Crippen LogP contribution >= 0.6 is 11.3 Å². The van der Waals surface area contributed by atoms with Crippen LogP contribution in [0.25, 0.3) is 0 Å². The number of hydrogen-bond acceptors (Lipinski definition) is 4. The number of benzene rings is 1. The van der Waals surface area contributed by atoms with E-state index in [0.717, 1.165) is 22.8 Å². The van der Waals surface area contributed by atoms with Gasteiger partial charge >= 0.3 is 0 Å². The Morgan fingerprint density at radius 3 is 2.56 bits per heavy atom. The van der Waals surface area contributed by atoms with Crippen molar-refractivity contribution in [2.24, 2.45) is 0 Å². The summed E-state index contributed by atoms with van der Waals surface area (Å²) in [6, 6.07) is 9.95. The smallest absolute Gasteiger partial charge is 0.190 e. The van der Waals surface area contributed by atoms with Crippen LogP contribution < -0.4 is 4.90 Å². The largest absolute Gasteiger partial charge is 0.321 e. The zero-order valence-electron chi connectivity index (χ0n) is 9.18. The van der Waals surface area contributed by atoms with Gasteiger partial charge in [0.1, 0.15) is 0 Å². The number of aryl methyl sites for hydroxylation is 1. The number of hydrogen-bond donors (Lipinski definition) is 0. The van der Waals surface area contributed by atoms with E-state index in [9.17, 15) is 4.79 Å². The molecule has 4 heteroatoms. The van der Waals surface area contributed by atoms with E-state index in [2.05, 4.69) is 4.98 Å². The summed E-state index contributed by atoms with van der Waals surface area (Å²) >= 11 is 1.41. The number of para-hydroxylation sites is 1. The number of aromatic nitrogens is 1. The standard InChI is InChI=1S/C12H12N2OS/c1-9-11(8-15)16-12(13-9)14(2)10-6-4-3-5-7-10/h3-8H,1-2H3. The van der Waals surface area contributed by atoms with Crippen molar-refractivity contribution in [1.29, 1.82) is 0 Å². The van der Waals surface area contributed by atoms with Crippen molar-refractivity contribution in [3.63, 3.8) is 0 Å². The molecule has 0 unspecified atom stereocenters. The summed E-state index contributed by atoms with van der Waals surface area (Å²) in [6.45, 7) is 1.85. The Balaban J connectivity index is 2.34. The highest BCUT2D eigenvalue weighted by Gasteiger charge is 2.11. The van der Waals surface area contributed by atoms with E-state index in [-0.39, 0.29) is 0 Å². The van der Waals surface area contributed by atoms with E-state index in [0.29, 0.717) is 4.88 Å². The van der Waals surface area contributed by atoms with Crippen LogP contribution in [0.3, 0.4) is 0 Å². The molecule has 0 saturated carbocycles. The maximum Gasteiger partial charge on any atom is 0.190 e. The van der Waals surface area contributed by atoms with Crippen molar-refractivity contribution < 1.29 is 4.79 Å². The van der Waals surface area contributed by atoms with Crippen molar-refractivity contribution >= 4 is 28.4 Å². The molecule has 0 radical (unpaired) electrons. The number of anilines is 2. The molecule has 0 aliphatic heterocycles. The molecule has 0 atom stereocenters. The summed E-state index contributed by atoms with van der Waals surface area (Å²) in [6.07, 6.45) is 0.856. The monoisotopic (exact) mass is 232 g/mol. The first-order chi connectivity index (χ1) is 7.72. The second-order valence-electron chi connectivity index (χ2n) is 3.46. The second kappa shape index (κ2) is 4.45. The average molecular weight is 232 g/mol. The quantitative estimate of drug-likeness (QED) is 0.763. The van der Waals surface area contributed by atoms with Gasteiger partial charge in [-0.05, 0) is 19.1 Å². The molecule has 1 aromatic carbocycles. The summed E-state index contributed by atoms with van der Waals surface area (Å²) in [5, 5.41) is 0.839. The van der Waals surface area contributed by atoms with Crippen molar-refractivity contribution in [3.8, 4) is 0 Å². The van der Waals surface area contributed by atoms with Gasteiger partial charge in [-0.1, -0.05) is 29.5 Å². The lowest BCUT2D eigenvalue weighted by molar-refractivity contribution is 0.112. The normalized spacial score (nSPS) is 10.1. The third-order valence-corrected chi connectivity index (χ3v) is 3.52. The number of nitrogens with zero attached hydrogens (tertiary/aromatic N) is 2. The molecule has 2 aromatic rings. The summed E-state index contributed by atoms with van der Waals surface area (Å²) in [5.41, 5.74) is 1.85. The third kappa shape index (κ3) is 1.97. The SMILES string of the molecule is Cc1nc(N(C)c2ccccc2)sc1C=O. The fraction of sp³-hybridized carbons (Fsp3) is 0.167. The third-order valence-electron chi connectivity index (χ3n) is 2.36. The van der Waals surface area contributed by atoms with E-state index in [4.69, 9.17) is 0 Å². The summed E-state index contributed by atoms with van der Waals surface area (Å²) < 4.78 is 0. The molecular formula is C12H12N2OS. The van der Waals surface area contributed by atoms with Gasteiger partial charge in [-0.25, -0.2) is 4.98 Å². The zero-order valence-corrected chi connectivity index (χ0v) is 9.99. The number of rotatable bonds is 3. The molecule has 1 heterocycles. The van der Waals surface area contributed by atoms with Crippen LogP contribution in [0.2, 0.25) is 0 Å². The van der Waals surface area contributed by atoms with Crippen molar-refractivity contribution in [2.75, 3.05) is 11.9 Å². The molecule has 0 N–H and O–H groups in total. The topological polar surface area (TPSA) is 33.2 Å². The van der Waals surface area contributed by atoms with Crippen molar-refractivity contribution in [2.45, 2.75) is 6.92 Å². The first-order valence-electron chi connectivity index (χ1n) is 4.93. The van der Waals surface area contributed by atoms with Gasteiger partial charge in [-0.3, -0.25) is 4.79 Å². The number of carbonyl (C=O) groups is 1. The maximum absolute atomic E-state index is 10.8. The minimum absolute atomic E-state index is 0.692. The van der Waals surface area contributed by atoms with Crippen LogP contribution in [0.15, 0.2) is 30.3 Å². The molecule has 0 spiro atoms. The number of carbonyl (C=O) groups excluding carboxylic acids is 1. The lowest BCUT2D eigenvalue weighted by Gasteiger charge is -2.15. The highest BCUT2D eigenvalue weighted by atomic mass is 32.1. The van der Waals surface area contributed by atoms with Gasteiger partial charge in [0.2, 0.25) is 0 Å². The number of thiazole rings is 1. The summed E-state index contributed by atoms with van der Waals surface area (Å²) in [4.78, 5) is 17.8. The summed E-state index contributed by atoms with van der Waals surface area (Å²) in [7, 11) is 1.95. The highest BCUT2D eigenvalue weighted by Crippen LogP contribution is 2.29. The zero-order chi connectivity index (χ0) is 11.5. The van der Waals surface area contributed by atoms with Crippen LogP contribution in [0.4, 0.5) is 10.8 Å². The molecule has 0 amide bonds. The Morgan fingerprint density at radius 1 is 1.31 bits per heavy atom. The van der Waals surface area contributed by atoms with Gasteiger partial charge < -0.3 is 4.90 Å². The maximum atomic E-state index is 10.8. The number of aldehydes is 1. The van der Waals surface area contributed by atoms with E-state index in [1.807, 2.05) is 49.2 Å². The van der Waals surface area contributed by atoms with E-state index >= 15 is 0 Å². The molecule has 0 saturated heterocycles. The van der Waals surface area contributed by atoms with Gasteiger partial charge in [-0.2, -0.15) is 0 Å². The first kappa shape index (κ1) is 10.8. The van der Waals surface area contributed by atoms with Crippen LogP contribution in [0, 0.1) is 6.92 Å². The molecule has 0 bridgehead atoms. The molecule has 0 aliphatic carbocycles. The Labute approximate surface area is 98.4 Å². The van der Waals surface area contributed by atoms with Gasteiger partial charge in [0.25, 0.3) is 0 Å². The Hall–Kier alpha value is -1.68. The molecule has 0 fully saturated rings. The average Bonchev–Trinajstić information content (AvgIpc) is 2.71. The van der Waals surface area contributed by atoms with Gasteiger partial charge in [0.05, 0.1) is 10.6 Å². The predicted molar refractivity (Wildman–Crippen MR) is 66.7 cm³/mol. The lowest BCUT2D eigenvalue weighted by Crippen LogP contribution is -2.08. The summed E-state index contributed by atoms with van der Waals surface area (Å²) in [5.74, 6) is 0. The first-order valence-corrected chi connectivity index (χ1v) is 5.75. The Kier molecular flexibility index (Phi) is 3.01. The molecule has 82 valence electrons. The van der Waals surface area contributed by atoms with Gasteiger partial charge in [0.15, 0.2) is 11.4 Å². The molecule has 2 rings (SSSR count). The molecule has 3 nitrogen and oxygen atoms in total. The highest BCUT2D eigenvalue weighted by molar-refractivity contribution is 7.17.